The molecule has 0 saturated heterocycles. The van der Waals surface area contributed by atoms with Crippen molar-refractivity contribution in [2.75, 3.05) is 7.11 Å². The van der Waals surface area contributed by atoms with E-state index in [4.69, 9.17) is 4.74 Å². The van der Waals surface area contributed by atoms with Gasteiger partial charge in [-0.05, 0) is 37.6 Å². The van der Waals surface area contributed by atoms with E-state index in [2.05, 4.69) is 33.8 Å². The number of aryl methyl sites for hydroxylation is 2. The Morgan fingerprint density at radius 1 is 1.29 bits per heavy atom. The molecule has 4 rings (SSSR count). The Hall–Kier alpha value is -2.78. The highest BCUT2D eigenvalue weighted by Crippen LogP contribution is 2.35. The number of aromatic nitrogens is 4. The van der Waals surface area contributed by atoms with E-state index in [-0.39, 0.29) is 5.56 Å². The van der Waals surface area contributed by atoms with E-state index in [1.54, 1.807) is 35.9 Å². The number of nitrogens with zero attached hydrogens (tertiary/aromatic N) is 3. The fraction of sp³-hybridized carbons (Fsp3) is 0.211. The molecule has 0 saturated carbocycles. The third-order valence-electron chi connectivity index (χ3n) is 4.45. The van der Waals surface area contributed by atoms with Gasteiger partial charge in [-0.15, -0.1) is 11.3 Å². The van der Waals surface area contributed by atoms with Gasteiger partial charge in [-0.2, -0.15) is 0 Å². The first kappa shape index (κ1) is 18.6. The average molecular weight is 412 g/mol. The molecule has 28 heavy (non-hydrogen) atoms. The summed E-state index contributed by atoms with van der Waals surface area (Å²) >= 11 is 3.14. The Balaban J connectivity index is 1.69. The van der Waals surface area contributed by atoms with Crippen LogP contribution in [-0.4, -0.2) is 33.0 Å². The van der Waals surface area contributed by atoms with Gasteiger partial charge in [-0.25, -0.2) is 19.7 Å². The molecular weight excluding hydrogens is 396 g/mol. The van der Waals surface area contributed by atoms with Gasteiger partial charge in [-0.3, -0.25) is 4.79 Å². The molecule has 4 aromatic rings. The van der Waals surface area contributed by atoms with Crippen molar-refractivity contribution in [1.82, 2.24) is 19.9 Å². The summed E-state index contributed by atoms with van der Waals surface area (Å²) in [5, 5.41) is 2.33. The van der Waals surface area contributed by atoms with Crippen LogP contribution in [0.5, 0.6) is 0 Å². The predicted octanol–water partition coefficient (Wildman–Crippen LogP) is 3.62. The summed E-state index contributed by atoms with van der Waals surface area (Å²) in [6, 6.07) is 4.70. The maximum absolute atomic E-state index is 12.4. The van der Waals surface area contributed by atoms with Crippen LogP contribution >= 0.6 is 23.1 Å². The highest BCUT2D eigenvalue weighted by molar-refractivity contribution is 7.98. The number of ether oxygens (including phenoxy) is 1. The SMILES string of the molecule is COC(=O)c1ccc2c(=O)[nH]c(CSc3ncnc4sc(C)c(C)c34)nc2c1. The molecule has 0 amide bonds. The minimum Gasteiger partial charge on any atom is -0.465 e. The van der Waals surface area contributed by atoms with Crippen molar-refractivity contribution in [3.8, 4) is 0 Å². The molecule has 3 aromatic heterocycles. The van der Waals surface area contributed by atoms with Gasteiger partial charge in [0.05, 0.1) is 29.3 Å². The van der Waals surface area contributed by atoms with Crippen molar-refractivity contribution in [2.24, 2.45) is 0 Å². The molecule has 0 aliphatic rings. The van der Waals surface area contributed by atoms with E-state index >= 15 is 0 Å². The normalized spacial score (nSPS) is 11.2. The largest absolute Gasteiger partial charge is 0.465 e. The first-order valence-corrected chi connectivity index (χ1v) is 10.2. The zero-order chi connectivity index (χ0) is 19.8. The molecule has 1 aromatic carbocycles. The van der Waals surface area contributed by atoms with Crippen molar-refractivity contribution in [3.63, 3.8) is 0 Å². The van der Waals surface area contributed by atoms with Crippen LogP contribution in [0.1, 0.15) is 26.6 Å². The Bertz CT molecular complexity index is 1280. The van der Waals surface area contributed by atoms with E-state index in [1.165, 1.54) is 29.3 Å². The smallest absolute Gasteiger partial charge is 0.337 e. The minimum absolute atomic E-state index is 0.243. The van der Waals surface area contributed by atoms with Crippen molar-refractivity contribution in [2.45, 2.75) is 24.6 Å². The summed E-state index contributed by atoms with van der Waals surface area (Å²) < 4.78 is 4.74. The number of benzene rings is 1. The number of esters is 1. The fourth-order valence-electron chi connectivity index (χ4n) is 2.90. The van der Waals surface area contributed by atoms with E-state index < -0.39 is 5.97 Å². The number of carbonyl (C=O) groups is 1. The van der Waals surface area contributed by atoms with E-state index in [1.807, 2.05) is 0 Å². The molecule has 3 heterocycles. The topological polar surface area (TPSA) is 97.8 Å². The Morgan fingerprint density at radius 2 is 2.11 bits per heavy atom. The maximum atomic E-state index is 12.4. The van der Waals surface area contributed by atoms with Crippen LogP contribution in [0.4, 0.5) is 0 Å². The summed E-state index contributed by atoms with van der Waals surface area (Å²) in [6.07, 6.45) is 1.55. The Kier molecular flexibility index (Phi) is 4.86. The van der Waals surface area contributed by atoms with Gasteiger partial charge in [0.15, 0.2) is 0 Å². The lowest BCUT2D eigenvalue weighted by Gasteiger charge is -2.06. The Labute approximate surface area is 168 Å². The highest BCUT2D eigenvalue weighted by atomic mass is 32.2. The number of thiophene rings is 1. The van der Waals surface area contributed by atoms with Gasteiger partial charge in [0.2, 0.25) is 0 Å². The Morgan fingerprint density at radius 3 is 2.89 bits per heavy atom. The van der Waals surface area contributed by atoms with Crippen molar-refractivity contribution in [3.05, 3.63) is 56.7 Å². The molecule has 1 N–H and O–H groups in total. The number of aromatic amines is 1. The fourth-order valence-corrected chi connectivity index (χ4v) is 4.88. The van der Waals surface area contributed by atoms with Crippen LogP contribution in [0.2, 0.25) is 0 Å². The number of carbonyl (C=O) groups excluding carboxylic acids is 1. The lowest BCUT2D eigenvalue weighted by atomic mass is 10.1. The lowest BCUT2D eigenvalue weighted by Crippen LogP contribution is -2.12. The number of thioether (sulfide) groups is 1. The van der Waals surface area contributed by atoms with Crippen LogP contribution in [-0.2, 0) is 10.5 Å². The summed E-state index contributed by atoms with van der Waals surface area (Å²) in [4.78, 5) is 42.4. The predicted molar refractivity (Wildman–Crippen MR) is 110 cm³/mol. The zero-order valence-electron chi connectivity index (χ0n) is 15.4. The summed E-state index contributed by atoms with van der Waals surface area (Å²) in [6.45, 7) is 4.13. The molecule has 9 heteroatoms. The van der Waals surface area contributed by atoms with Gasteiger partial charge < -0.3 is 9.72 Å². The van der Waals surface area contributed by atoms with Crippen molar-refractivity contribution in [1.29, 1.82) is 0 Å². The van der Waals surface area contributed by atoms with Crippen LogP contribution < -0.4 is 5.56 Å². The van der Waals surface area contributed by atoms with Gasteiger partial charge in [-0.1, -0.05) is 11.8 Å². The third-order valence-corrected chi connectivity index (χ3v) is 6.57. The van der Waals surface area contributed by atoms with Gasteiger partial charge in [0, 0.05) is 10.3 Å². The second-order valence-corrected chi connectivity index (χ2v) is 8.33. The van der Waals surface area contributed by atoms with E-state index in [9.17, 15) is 9.59 Å². The number of H-pyrrole nitrogens is 1. The van der Waals surface area contributed by atoms with E-state index in [0.29, 0.717) is 28.0 Å². The number of fused-ring (bicyclic) bond motifs is 2. The standard InChI is InChI=1S/C19H16N4O3S2/c1-9-10(2)28-18-15(9)17(20-8-21-18)27-7-14-22-13-6-11(19(25)26-3)4-5-12(13)16(24)23-14/h4-6,8H,7H2,1-3H3,(H,22,23,24). The van der Waals surface area contributed by atoms with Crippen molar-refractivity contribution < 1.29 is 9.53 Å². The molecule has 7 nitrogen and oxygen atoms in total. The van der Waals surface area contributed by atoms with Crippen molar-refractivity contribution >= 4 is 50.2 Å². The number of hydrogen-bond donors (Lipinski definition) is 1. The molecule has 0 bridgehead atoms. The number of hydrogen-bond acceptors (Lipinski definition) is 8. The molecule has 0 atom stereocenters. The summed E-state index contributed by atoms with van der Waals surface area (Å²) in [5.74, 6) is 0.487. The van der Waals surface area contributed by atoms with Gasteiger partial charge >= 0.3 is 5.97 Å². The second-order valence-electron chi connectivity index (χ2n) is 6.17. The second kappa shape index (κ2) is 7.33. The van der Waals surface area contributed by atoms with Gasteiger partial charge in [0.25, 0.3) is 5.56 Å². The average Bonchev–Trinajstić information content (AvgIpc) is 2.99. The first-order chi connectivity index (χ1) is 13.5. The summed E-state index contributed by atoms with van der Waals surface area (Å²) in [7, 11) is 1.32. The van der Waals surface area contributed by atoms with Gasteiger partial charge in [0.1, 0.15) is 22.0 Å². The zero-order valence-corrected chi connectivity index (χ0v) is 17.0. The van der Waals surface area contributed by atoms with Crippen LogP contribution in [0.15, 0.2) is 34.3 Å². The quantitative estimate of drug-likeness (QED) is 0.310. The highest BCUT2D eigenvalue weighted by Gasteiger charge is 2.14. The molecule has 0 fully saturated rings. The van der Waals surface area contributed by atoms with Crippen LogP contribution in [0.25, 0.3) is 21.1 Å². The maximum Gasteiger partial charge on any atom is 0.337 e. The molecule has 0 aliphatic heterocycles. The van der Waals surface area contributed by atoms with Crippen LogP contribution in [0, 0.1) is 13.8 Å². The molecule has 0 aliphatic carbocycles. The number of rotatable bonds is 4. The molecule has 0 unspecified atom stereocenters. The molecule has 142 valence electrons. The third kappa shape index (κ3) is 3.27. The monoisotopic (exact) mass is 412 g/mol. The summed E-state index contributed by atoms with van der Waals surface area (Å²) in [5.41, 5.74) is 1.74. The molecule has 0 spiro atoms. The van der Waals surface area contributed by atoms with E-state index in [0.717, 1.165) is 15.2 Å². The lowest BCUT2D eigenvalue weighted by molar-refractivity contribution is 0.0601. The molecule has 0 radical (unpaired) electrons. The van der Waals surface area contributed by atoms with Crippen LogP contribution in [0.3, 0.4) is 0 Å². The number of methoxy groups -OCH3 is 1. The number of nitrogens with one attached hydrogen (secondary N) is 1. The molecular formula is C19H16N4O3S2. The minimum atomic E-state index is -0.466. The first-order valence-electron chi connectivity index (χ1n) is 8.42.